The summed E-state index contributed by atoms with van der Waals surface area (Å²) in [6.45, 7) is 13.1. The minimum Gasteiger partial charge on any atom is -0.478 e. The summed E-state index contributed by atoms with van der Waals surface area (Å²) in [6.07, 6.45) is 2.02. The van der Waals surface area contributed by atoms with Gasteiger partial charge in [-0.3, -0.25) is 9.69 Å². The van der Waals surface area contributed by atoms with E-state index >= 15 is 0 Å². The van der Waals surface area contributed by atoms with E-state index in [1.54, 1.807) is 0 Å². The number of hydrogen-bond donors (Lipinski definition) is 4. The van der Waals surface area contributed by atoms with Crippen LogP contribution in [0.3, 0.4) is 0 Å². The van der Waals surface area contributed by atoms with E-state index in [1.807, 2.05) is 0 Å². The number of carboxylic acid groups (broad SMARTS) is 2. The third kappa shape index (κ3) is 10.4. The molecule has 1 aromatic rings. The van der Waals surface area contributed by atoms with Gasteiger partial charge in [0.25, 0.3) is 5.91 Å². The largest absolute Gasteiger partial charge is 0.478 e. The monoisotopic (exact) mass is 449 g/mol. The molecule has 0 bridgehead atoms. The summed E-state index contributed by atoms with van der Waals surface area (Å²) in [5.74, 6) is -2.82. The first-order chi connectivity index (χ1) is 14.9. The average molecular weight is 450 g/mol. The van der Waals surface area contributed by atoms with Crippen molar-refractivity contribution in [1.29, 1.82) is 0 Å². The maximum Gasteiger partial charge on any atom is 0.328 e. The van der Waals surface area contributed by atoms with Crippen molar-refractivity contribution >= 4 is 23.5 Å². The number of piperazine rings is 1. The number of carboxylic acids is 2. The minimum atomic E-state index is -1.29. The van der Waals surface area contributed by atoms with Crippen molar-refractivity contribution in [2.75, 3.05) is 44.2 Å². The highest BCUT2D eigenvalue weighted by atomic mass is 16.4. The Morgan fingerprint density at radius 1 is 1.03 bits per heavy atom. The first-order valence-corrected chi connectivity index (χ1v) is 10.6. The van der Waals surface area contributed by atoms with Crippen LogP contribution in [0.5, 0.6) is 0 Å². The van der Waals surface area contributed by atoms with E-state index in [-0.39, 0.29) is 5.91 Å². The SMILES string of the molecule is Cc1ccc(C)c(N2CCN(CCCNC(=O)C(C)(C)O)CC2)c1.O=C(O)/C=C/C(=O)O. The van der Waals surface area contributed by atoms with Gasteiger partial charge in [-0.15, -0.1) is 0 Å². The van der Waals surface area contributed by atoms with Crippen molar-refractivity contribution in [3.63, 3.8) is 0 Å². The topological polar surface area (TPSA) is 130 Å². The second kappa shape index (κ2) is 12.8. The lowest BCUT2D eigenvalue weighted by Gasteiger charge is -2.37. The molecule has 0 saturated carbocycles. The number of rotatable bonds is 8. The number of nitrogens with one attached hydrogen (secondary N) is 1. The van der Waals surface area contributed by atoms with Gasteiger partial charge in [0.15, 0.2) is 0 Å². The second-order valence-electron chi connectivity index (χ2n) is 8.30. The first kappa shape index (κ1) is 27.1. The summed E-state index contributed by atoms with van der Waals surface area (Å²) in [6, 6.07) is 6.64. The third-order valence-corrected chi connectivity index (χ3v) is 4.94. The lowest BCUT2D eigenvalue weighted by Crippen LogP contribution is -2.47. The van der Waals surface area contributed by atoms with Crippen LogP contribution in [0.4, 0.5) is 5.69 Å². The Bertz CT molecular complexity index is 792. The lowest BCUT2D eigenvalue weighted by molar-refractivity contribution is -0.136. The first-order valence-electron chi connectivity index (χ1n) is 10.6. The number of amides is 1. The second-order valence-corrected chi connectivity index (χ2v) is 8.30. The molecule has 32 heavy (non-hydrogen) atoms. The molecule has 9 nitrogen and oxygen atoms in total. The Labute approximate surface area is 189 Å². The van der Waals surface area contributed by atoms with Crippen molar-refractivity contribution < 1.29 is 29.7 Å². The standard InChI is InChI=1S/C19H31N3O2.C4H4O4/c1-15-6-7-16(2)17(14-15)22-12-10-21(11-13-22)9-5-8-20-18(23)19(3,4)24;5-3(6)1-2-4(7)8/h6-7,14,24H,5,8-13H2,1-4H3,(H,20,23);1-2H,(H,5,6)(H,7,8)/b;2-1+. The number of anilines is 1. The molecule has 178 valence electrons. The summed E-state index contributed by atoms with van der Waals surface area (Å²) >= 11 is 0. The lowest BCUT2D eigenvalue weighted by atomic mass is 10.1. The highest BCUT2D eigenvalue weighted by molar-refractivity contribution is 5.89. The molecule has 0 aliphatic carbocycles. The minimum absolute atomic E-state index is 0.303. The molecule has 1 aliphatic heterocycles. The van der Waals surface area contributed by atoms with Crippen LogP contribution in [-0.2, 0) is 14.4 Å². The number of aryl methyl sites for hydroxylation is 2. The number of aliphatic hydroxyl groups is 1. The Morgan fingerprint density at radius 2 is 1.59 bits per heavy atom. The van der Waals surface area contributed by atoms with Gasteiger partial charge in [-0.25, -0.2) is 9.59 Å². The van der Waals surface area contributed by atoms with Gasteiger partial charge in [0.05, 0.1) is 0 Å². The molecule has 1 saturated heterocycles. The van der Waals surface area contributed by atoms with Crippen LogP contribution in [0.25, 0.3) is 0 Å². The quantitative estimate of drug-likeness (QED) is 0.346. The van der Waals surface area contributed by atoms with Gasteiger partial charge < -0.3 is 25.5 Å². The van der Waals surface area contributed by atoms with Crippen molar-refractivity contribution in [1.82, 2.24) is 10.2 Å². The third-order valence-electron chi connectivity index (χ3n) is 4.94. The van der Waals surface area contributed by atoms with Crippen LogP contribution in [0, 0.1) is 13.8 Å². The van der Waals surface area contributed by atoms with Gasteiger partial charge >= 0.3 is 11.9 Å². The molecule has 1 aliphatic rings. The van der Waals surface area contributed by atoms with Gasteiger partial charge in [0.1, 0.15) is 5.60 Å². The fourth-order valence-electron chi connectivity index (χ4n) is 3.14. The molecule has 0 aromatic heterocycles. The molecule has 0 unspecified atom stereocenters. The Balaban J connectivity index is 0.000000547. The summed E-state index contributed by atoms with van der Waals surface area (Å²) in [5.41, 5.74) is 2.70. The van der Waals surface area contributed by atoms with E-state index in [0.29, 0.717) is 18.7 Å². The average Bonchev–Trinajstić information content (AvgIpc) is 2.71. The molecule has 1 heterocycles. The van der Waals surface area contributed by atoms with E-state index in [1.165, 1.54) is 30.7 Å². The molecule has 0 spiro atoms. The molecule has 1 fully saturated rings. The summed E-state index contributed by atoms with van der Waals surface area (Å²) in [4.78, 5) is 35.6. The molecule has 4 N–H and O–H groups in total. The van der Waals surface area contributed by atoms with Crippen LogP contribution < -0.4 is 10.2 Å². The van der Waals surface area contributed by atoms with Gasteiger partial charge in [0.2, 0.25) is 0 Å². The highest BCUT2D eigenvalue weighted by Crippen LogP contribution is 2.22. The number of benzene rings is 1. The number of carbonyl (C=O) groups excluding carboxylic acids is 1. The molecular formula is C23H35N3O6. The van der Waals surface area contributed by atoms with Crippen LogP contribution in [0.2, 0.25) is 0 Å². The van der Waals surface area contributed by atoms with E-state index in [4.69, 9.17) is 10.2 Å². The van der Waals surface area contributed by atoms with E-state index < -0.39 is 17.5 Å². The van der Waals surface area contributed by atoms with Crippen molar-refractivity contribution in [3.8, 4) is 0 Å². The summed E-state index contributed by atoms with van der Waals surface area (Å²) in [5, 5.41) is 28.0. The van der Waals surface area contributed by atoms with Crippen molar-refractivity contribution in [3.05, 3.63) is 41.5 Å². The molecule has 1 amide bonds. The number of aliphatic carboxylic acids is 2. The zero-order valence-electron chi connectivity index (χ0n) is 19.3. The normalized spacial score (nSPS) is 14.6. The van der Waals surface area contributed by atoms with Gasteiger partial charge in [-0.1, -0.05) is 12.1 Å². The fraction of sp³-hybridized carbons (Fsp3) is 0.522. The highest BCUT2D eigenvalue weighted by Gasteiger charge is 2.23. The van der Waals surface area contributed by atoms with Crippen LogP contribution in [-0.4, -0.2) is 82.9 Å². The van der Waals surface area contributed by atoms with Gasteiger partial charge in [0, 0.05) is 50.6 Å². The van der Waals surface area contributed by atoms with E-state index in [9.17, 15) is 19.5 Å². The van der Waals surface area contributed by atoms with Gasteiger partial charge in [-0.2, -0.15) is 0 Å². The molecule has 0 radical (unpaired) electrons. The Hall–Kier alpha value is -2.91. The Morgan fingerprint density at radius 3 is 2.09 bits per heavy atom. The molecule has 2 rings (SSSR count). The maximum absolute atomic E-state index is 11.6. The van der Waals surface area contributed by atoms with Crippen molar-refractivity contribution in [2.45, 2.75) is 39.7 Å². The number of hydrogen-bond acceptors (Lipinski definition) is 6. The van der Waals surface area contributed by atoms with Gasteiger partial charge in [-0.05, 0) is 57.9 Å². The predicted octanol–water partition coefficient (Wildman–Crippen LogP) is 1.41. The summed E-state index contributed by atoms with van der Waals surface area (Å²) in [7, 11) is 0. The zero-order chi connectivity index (χ0) is 24.3. The van der Waals surface area contributed by atoms with E-state index in [0.717, 1.165) is 39.1 Å². The molecular weight excluding hydrogens is 414 g/mol. The number of carbonyl (C=O) groups is 3. The predicted molar refractivity (Wildman–Crippen MR) is 123 cm³/mol. The van der Waals surface area contributed by atoms with E-state index in [2.05, 4.69) is 47.2 Å². The molecule has 1 aromatic carbocycles. The smallest absolute Gasteiger partial charge is 0.328 e. The zero-order valence-corrected chi connectivity index (χ0v) is 19.3. The maximum atomic E-state index is 11.6. The summed E-state index contributed by atoms with van der Waals surface area (Å²) < 4.78 is 0. The fourth-order valence-corrected chi connectivity index (χ4v) is 3.14. The number of nitrogens with zero attached hydrogens (tertiary/aromatic N) is 2. The van der Waals surface area contributed by atoms with Crippen LogP contribution in [0.15, 0.2) is 30.4 Å². The van der Waals surface area contributed by atoms with Crippen LogP contribution >= 0.6 is 0 Å². The van der Waals surface area contributed by atoms with Crippen molar-refractivity contribution in [2.24, 2.45) is 0 Å². The molecule has 9 heteroatoms. The van der Waals surface area contributed by atoms with Crippen LogP contribution in [0.1, 0.15) is 31.4 Å². The Kier molecular flexibility index (Phi) is 10.9. The molecule has 0 atom stereocenters.